The molecule has 0 unspecified atom stereocenters. The van der Waals surface area contributed by atoms with Crippen molar-refractivity contribution in [3.05, 3.63) is 23.3 Å². The molecule has 1 aromatic rings. The summed E-state index contributed by atoms with van der Waals surface area (Å²) in [7, 11) is 0. The minimum atomic E-state index is -0.0152. The molecule has 0 N–H and O–H groups in total. The van der Waals surface area contributed by atoms with Gasteiger partial charge in [-0.25, -0.2) is 9.97 Å². The van der Waals surface area contributed by atoms with Crippen LogP contribution >= 0.6 is 0 Å². The maximum absolute atomic E-state index is 10.9. The van der Waals surface area contributed by atoms with Crippen LogP contribution in [0.15, 0.2) is 6.07 Å². The SMILES string of the molecule is CC(=O)c1cc(C)nc(C)n1. The van der Waals surface area contributed by atoms with Crippen LogP contribution < -0.4 is 0 Å². The molecule has 11 heavy (non-hydrogen) atoms. The Morgan fingerprint density at radius 3 is 2.45 bits per heavy atom. The summed E-state index contributed by atoms with van der Waals surface area (Å²) < 4.78 is 0. The summed E-state index contributed by atoms with van der Waals surface area (Å²) in [5.74, 6) is 0.633. The highest BCUT2D eigenvalue weighted by Crippen LogP contribution is 1.99. The van der Waals surface area contributed by atoms with Crippen molar-refractivity contribution in [1.29, 1.82) is 0 Å². The molecular weight excluding hydrogens is 140 g/mol. The van der Waals surface area contributed by atoms with Crippen molar-refractivity contribution in [2.45, 2.75) is 20.8 Å². The van der Waals surface area contributed by atoms with Crippen LogP contribution in [0.3, 0.4) is 0 Å². The molecule has 0 bridgehead atoms. The van der Waals surface area contributed by atoms with E-state index in [1.807, 2.05) is 6.92 Å². The number of hydrogen-bond donors (Lipinski definition) is 0. The van der Waals surface area contributed by atoms with E-state index in [1.54, 1.807) is 13.0 Å². The van der Waals surface area contributed by atoms with Crippen molar-refractivity contribution >= 4 is 5.78 Å². The molecule has 1 heterocycles. The number of hydrogen-bond acceptors (Lipinski definition) is 3. The standard InChI is InChI=1S/C8H10N2O/c1-5-4-8(6(2)11)10-7(3)9-5/h4H,1-3H3. The number of aromatic nitrogens is 2. The molecule has 58 valence electrons. The number of carbonyl (C=O) groups is 1. The van der Waals surface area contributed by atoms with Crippen molar-refractivity contribution in [2.24, 2.45) is 0 Å². The Bertz CT molecular complexity index is 274. The van der Waals surface area contributed by atoms with E-state index in [9.17, 15) is 4.79 Å². The first kappa shape index (κ1) is 7.85. The van der Waals surface area contributed by atoms with E-state index in [2.05, 4.69) is 9.97 Å². The molecule has 0 atom stereocenters. The zero-order valence-corrected chi connectivity index (χ0v) is 6.88. The second-order valence-corrected chi connectivity index (χ2v) is 2.50. The van der Waals surface area contributed by atoms with Crippen LogP contribution in [0.1, 0.15) is 28.9 Å². The van der Waals surface area contributed by atoms with Gasteiger partial charge in [0.25, 0.3) is 0 Å². The highest BCUT2D eigenvalue weighted by molar-refractivity contribution is 5.92. The quantitative estimate of drug-likeness (QED) is 0.566. The van der Waals surface area contributed by atoms with Gasteiger partial charge in [0.2, 0.25) is 0 Å². The monoisotopic (exact) mass is 150 g/mol. The first-order valence-electron chi connectivity index (χ1n) is 3.43. The Balaban J connectivity index is 3.19. The Hall–Kier alpha value is -1.25. The molecule has 0 aromatic carbocycles. The zero-order chi connectivity index (χ0) is 8.43. The highest BCUT2D eigenvalue weighted by Gasteiger charge is 2.02. The molecule has 0 aliphatic heterocycles. The van der Waals surface area contributed by atoms with E-state index in [0.29, 0.717) is 11.5 Å². The van der Waals surface area contributed by atoms with E-state index >= 15 is 0 Å². The molecule has 0 aliphatic rings. The van der Waals surface area contributed by atoms with E-state index in [1.165, 1.54) is 6.92 Å². The topological polar surface area (TPSA) is 42.9 Å². The first-order chi connectivity index (χ1) is 5.09. The third-order valence-corrected chi connectivity index (χ3v) is 1.33. The molecule has 0 amide bonds. The molecule has 1 aromatic heterocycles. The third kappa shape index (κ3) is 1.83. The fourth-order valence-corrected chi connectivity index (χ4v) is 0.897. The maximum atomic E-state index is 10.9. The lowest BCUT2D eigenvalue weighted by Crippen LogP contribution is -2.01. The van der Waals surface area contributed by atoms with Crippen LogP contribution in [0.25, 0.3) is 0 Å². The van der Waals surface area contributed by atoms with Gasteiger partial charge in [-0.1, -0.05) is 0 Å². The van der Waals surface area contributed by atoms with Gasteiger partial charge in [-0.15, -0.1) is 0 Å². The lowest BCUT2D eigenvalue weighted by molar-refractivity contribution is 0.101. The van der Waals surface area contributed by atoms with E-state index in [0.717, 1.165) is 5.69 Å². The third-order valence-electron chi connectivity index (χ3n) is 1.33. The molecule has 0 fully saturated rings. The Morgan fingerprint density at radius 2 is 2.00 bits per heavy atom. The number of rotatable bonds is 1. The predicted molar refractivity (Wildman–Crippen MR) is 41.5 cm³/mol. The Kier molecular flexibility index (Phi) is 1.98. The molecule has 3 nitrogen and oxygen atoms in total. The second-order valence-electron chi connectivity index (χ2n) is 2.50. The van der Waals surface area contributed by atoms with Gasteiger partial charge in [0.1, 0.15) is 11.5 Å². The van der Waals surface area contributed by atoms with Gasteiger partial charge in [-0.3, -0.25) is 4.79 Å². The maximum Gasteiger partial charge on any atom is 0.178 e. The smallest absolute Gasteiger partial charge is 0.178 e. The summed E-state index contributed by atoms with van der Waals surface area (Å²) in [5, 5.41) is 0. The number of nitrogens with zero attached hydrogens (tertiary/aromatic N) is 2. The predicted octanol–water partition coefficient (Wildman–Crippen LogP) is 1.30. The van der Waals surface area contributed by atoms with Crippen LogP contribution in [0.5, 0.6) is 0 Å². The summed E-state index contributed by atoms with van der Waals surface area (Å²) in [6.45, 7) is 5.13. The summed E-state index contributed by atoms with van der Waals surface area (Å²) in [6, 6.07) is 1.69. The lowest BCUT2D eigenvalue weighted by Gasteiger charge is -1.97. The van der Waals surface area contributed by atoms with E-state index < -0.39 is 0 Å². The van der Waals surface area contributed by atoms with Crippen LogP contribution in [-0.2, 0) is 0 Å². The van der Waals surface area contributed by atoms with Crippen LogP contribution in [0.4, 0.5) is 0 Å². The van der Waals surface area contributed by atoms with Crippen molar-refractivity contribution in [3.8, 4) is 0 Å². The summed E-state index contributed by atoms with van der Waals surface area (Å²) in [4.78, 5) is 18.9. The van der Waals surface area contributed by atoms with Crippen molar-refractivity contribution in [2.75, 3.05) is 0 Å². The summed E-state index contributed by atoms with van der Waals surface area (Å²) in [6.07, 6.45) is 0. The minimum absolute atomic E-state index is 0.0152. The lowest BCUT2D eigenvalue weighted by atomic mass is 10.2. The van der Waals surface area contributed by atoms with Crippen LogP contribution in [-0.4, -0.2) is 15.8 Å². The van der Waals surface area contributed by atoms with Crippen LogP contribution in [0, 0.1) is 13.8 Å². The van der Waals surface area contributed by atoms with Gasteiger partial charge < -0.3 is 0 Å². The minimum Gasteiger partial charge on any atom is -0.293 e. The van der Waals surface area contributed by atoms with Crippen molar-refractivity contribution in [3.63, 3.8) is 0 Å². The van der Waals surface area contributed by atoms with Crippen molar-refractivity contribution < 1.29 is 4.79 Å². The fourth-order valence-electron chi connectivity index (χ4n) is 0.897. The van der Waals surface area contributed by atoms with E-state index in [-0.39, 0.29) is 5.78 Å². The van der Waals surface area contributed by atoms with Gasteiger partial charge in [0.05, 0.1) is 0 Å². The summed E-state index contributed by atoms with van der Waals surface area (Å²) in [5.41, 5.74) is 1.33. The average Bonchev–Trinajstić information content (AvgIpc) is 1.85. The Morgan fingerprint density at radius 1 is 1.36 bits per heavy atom. The molecule has 3 heteroatoms. The second kappa shape index (κ2) is 2.78. The van der Waals surface area contributed by atoms with Gasteiger partial charge in [0, 0.05) is 12.6 Å². The molecule has 0 spiro atoms. The van der Waals surface area contributed by atoms with Crippen LogP contribution in [0.2, 0.25) is 0 Å². The molecule has 0 aliphatic carbocycles. The van der Waals surface area contributed by atoms with Gasteiger partial charge in [-0.05, 0) is 19.9 Å². The number of aryl methyl sites for hydroxylation is 2. The Labute approximate surface area is 65.5 Å². The molecule has 0 radical (unpaired) electrons. The summed E-state index contributed by atoms with van der Waals surface area (Å²) >= 11 is 0. The largest absolute Gasteiger partial charge is 0.293 e. The van der Waals surface area contributed by atoms with Gasteiger partial charge in [0.15, 0.2) is 5.78 Å². The number of carbonyl (C=O) groups excluding carboxylic acids is 1. The first-order valence-corrected chi connectivity index (χ1v) is 3.43. The van der Waals surface area contributed by atoms with E-state index in [4.69, 9.17) is 0 Å². The van der Waals surface area contributed by atoms with Gasteiger partial charge >= 0.3 is 0 Å². The fraction of sp³-hybridized carbons (Fsp3) is 0.375. The molecule has 0 saturated heterocycles. The number of Topliss-reactive ketones (excluding diaryl/α,β-unsaturated/α-hetero) is 1. The highest BCUT2D eigenvalue weighted by atomic mass is 16.1. The molecule has 1 rings (SSSR count). The van der Waals surface area contributed by atoms with Gasteiger partial charge in [-0.2, -0.15) is 0 Å². The number of ketones is 1. The van der Waals surface area contributed by atoms with Crippen molar-refractivity contribution in [1.82, 2.24) is 9.97 Å². The normalized spacial score (nSPS) is 9.73. The zero-order valence-electron chi connectivity index (χ0n) is 6.88. The average molecular weight is 150 g/mol. The molecule has 0 saturated carbocycles. The molecular formula is C8H10N2O.